The van der Waals surface area contributed by atoms with Gasteiger partial charge in [-0.15, -0.1) is 0 Å². The Kier molecular flexibility index (Phi) is 6.11. The molecule has 0 fully saturated rings. The highest BCUT2D eigenvalue weighted by molar-refractivity contribution is 7.98. The number of hydrogen-bond acceptors (Lipinski definition) is 5. The van der Waals surface area contributed by atoms with Gasteiger partial charge in [-0.1, -0.05) is 32.0 Å². The zero-order chi connectivity index (χ0) is 12.7. The lowest BCUT2D eigenvalue weighted by atomic mass is 10.1. The minimum absolute atomic E-state index is 0.495. The molecule has 0 spiro atoms. The molecule has 17 heavy (non-hydrogen) atoms. The highest BCUT2D eigenvalue weighted by Crippen LogP contribution is 2.18. The van der Waals surface area contributed by atoms with Crippen LogP contribution in [-0.2, 0) is 0 Å². The normalized spacial score (nSPS) is 12.2. The van der Waals surface area contributed by atoms with Crippen molar-refractivity contribution in [2.75, 3.05) is 23.9 Å². The molecule has 2 N–H and O–H groups in total. The molecule has 0 amide bonds. The quantitative estimate of drug-likeness (QED) is 0.578. The fraction of sp³-hybridized carbons (Fsp3) is 0.667. The van der Waals surface area contributed by atoms with E-state index in [9.17, 15) is 0 Å². The Hall–Kier alpha value is -0.970. The van der Waals surface area contributed by atoms with Gasteiger partial charge in [-0.05, 0) is 19.1 Å². The van der Waals surface area contributed by atoms with Crippen molar-refractivity contribution < 1.29 is 0 Å². The van der Waals surface area contributed by atoms with Crippen LogP contribution in [0.3, 0.4) is 0 Å². The highest BCUT2D eigenvalue weighted by atomic mass is 32.2. The lowest BCUT2D eigenvalue weighted by Gasteiger charge is -2.17. The molecule has 96 valence electrons. The summed E-state index contributed by atoms with van der Waals surface area (Å²) in [5.74, 6) is 1.77. The zero-order valence-corrected chi connectivity index (χ0v) is 11.9. The highest BCUT2D eigenvalue weighted by Gasteiger charge is 2.08. The summed E-state index contributed by atoms with van der Waals surface area (Å²) in [6.07, 6.45) is 5.46. The standard InChI is InChI=1S/C12H22N4S/c1-5-7-9(6-2)14-11-8-10(13-3)15-12(16-11)17-4/h8-9H,5-7H2,1-4H3,(H2,13,14,15,16). The topological polar surface area (TPSA) is 49.8 Å². The predicted octanol–water partition coefficient (Wildman–Crippen LogP) is 3.23. The largest absolute Gasteiger partial charge is 0.373 e. The molecule has 0 aliphatic carbocycles. The number of aromatic nitrogens is 2. The van der Waals surface area contributed by atoms with E-state index in [0.29, 0.717) is 6.04 Å². The monoisotopic (exact) mass is 254 g/mol. The Bertz CT molecular complexity index is 321. The van der Waals surface area contributed by atoms with E-state index in [1.807, 2.05) is 19.4 Å². The van der Waals surface area contributed by atoms with E-state index in [2.05, 4.69) is 34.4 Å². The second-order valence-corrected chi connectivity index (χ2v) is 4.69. The molecule has 0 saturated heterocycles. The molecule has 1 heterocycles. The van der Waals surface area contributed by atoms with Crippen molar-refractivity contribution >= 4 is 23.4 Å². The second kappa shape index (κ2) is 7.37. The molecule has 1 rings (SSSR count). The fourth-order valence-corrected chi connectivity index (χ4v) is 2.03. The van der Waals surface area contributed by atoms with Gasteiger partial charge >= 0.3 is 0 Å². The van der Waals surface area contributed by atoms with Crippen LogP contribution >= 0.6 is 11.8 Å². The van der Waals surface area contributed by atoms with Crippen LogP contribution in [0.5, 0.6) is 0 Å². The number of hydrogen-bond donors (Lipinski definition) is 2. The van der Waals surface area contributed by atoms with Crippen LogP contribution < -0.4 is 10.6 Å². The van der Waals surface area contributed by atoms with Crippen molar-refractivity contribution in [1.29, 1.82) is 0 Å². The molecular formula is C12H22N4S. The number of rotatable bonds is 7. The summed E-state index contributed by atoms with van der Waals surface area (Å²) in [5.41, 5.74) is 0. The first-order chi connectivity index (χ1) is 8.23. The molecule has 1 aromatic rings. The van der Waals surface area contributed by atoms with Gasteiger partial charge in [-0.25, -0.2) is 9.97 Å². The molecule has 0 saturated carbocycles. The summed E-state index contributed by atoms with van der Waals surface area (Å²) in [6, 6.07) is 2.45. The van der Waals surface area contributed by atoms with E-state index >= 15 is 0 Å². The lowest BCUT2D eigenvalue weighted by molar-refractivity contribution is 0.619. The van der Waals surface area contributed by atoms with Gasteiger partial charge in [-0.2, -0.15) is 0 Å². The summed E-state index contributed by atoms with van der Waals surface area (Å²) >= 11 is 1.56. The Morgan fingerprint density at radius 3 is 2.53 bits per heavy atom. The van der Waals surface area contributed by atoms with Crippen molar-refractivity contribution in [2.24, 2.45) is 0 Å². The molecule has 0 aromatic carbocycles. The van der Waals surface area contributed by atoms with E-state index in [-0.39, 0.29) is 0 Å². The molecule has 5 heteroatoms. The summed E-state index contributed by atoms with van der Waals surface area (Å²) in [5, 5.41) is 7.33. The summed E-state index contributed by atoms with van der Waals surface area (Å²) in [6.45, 7) is 4.40. The van der Waals surface area contributed by atoms with Crippen molar-refractivity contribution in [3.05, 3.63) is 6.07 Å². The van der Waals surface area contributed by atoms with Crippen LogP contribution in [0, 0.1) is 0 Å². The van der Waals surface area contributed by atoms with Crippen molar-refractivity contribution in [1.82, 2.24) is 9.97 Å². The minimum Gasteiger partial charge on any atom is -0.373 e. The van der Waals surface area contributed by atoms with Crippen LogP contribution in [0.2, 0.25) is 0 Å². The van der Waals surface area contributed by atoms with E-state index < -0.39 is 0 Å². The van der Waals surface area contributed by atoms with Gasteiger partial charge in [0.25, 0.3) is 0 Å². The van der Waals surface area contributed by atoms with Crippen molar-refractivity contribution in [3.63, 3.8) is 0 Å². The maximum absolute atomic E-state index is 4.47. The molecule has 4 nitrogen and oxygen atoms in total. The average Bonchev–Trinajstić information content (AvgIpc) is 2.37. The van der Waals surface area contributed by atoms with E-state index in [4.69, 9.17) is 0 Å². The SMILES string of the molecule is CCCC(CC)Nc1cc(NC)nc(SC)n1. The first kappa shape index (κ1) is 14.1. The number of thioether (sulfide) groups is 1. The Morgan fingerprint density at radius 2 is 2.00 bits per heavy atom. The van der Waals surface area contributed by atoms with Crippen LogP contribution in [0.15, 0.2) is 11.2 Å². The van der Waals surface area contributed by atoms with Gasteiger partial charge in [0, 0.05) is 19.2 Å². The van der Waals surface area contributed by atoms with Crippen molar-refractivity contribution in [3.8, 4) is 0 Å². The van der Waals surface area contributed by atoms with Gasteiger partial charge in [0.15, 0.2) is 5.16 Å². The maximum atomic E-state index is 4.47. The molecular weight excluding hydrogens is 232 g/mol. The first-order valence-electron chi connectivity index (χ1n) is 6.10. The van der Waals surface area contributed by atoms with E-state index in [1.54, 1.807) is 11.8 Å². The maximum Gasteiger partial charge on any atom is 0.191 e. The Morgan fingerprint density at radius 1 is 1.29 bits per heavy atom. The van der Waals surface area contributed by atoms with Crippen molar-refractivity contribution in [2.45, 2.75) is 44.3 Å². The Balaban J connectivity index is 2.81. The smallest absolute Gasteiger partial charge is 0.191 e. The third-order valence-electron chi connectivity index (χ3n) is 2.63. The lowest BCUT2D eigenvalue weighted by Crippen LogP contribution is -2.19. The summed E-state index contributed by atoms with van der Waals surface area (Å²) in [7, 11) is 1.87. The van der Waals surface area contributed by atoms with Gasteiger partial charge < -0.3 is 10.6 Å². The number of anilines is 2. The van der Waals surface area contributed by atoms with Crippen LogP contribution in [0.1, 0.15) is 33.1 Å². The van der Waals surface area contributed by atoms with Crippen LogP contribution in [0.25, 0.3) is 0 Å². The first-order valence-corrected chi connectivity index (χ1v) is 7.33. The number of nitrogens with one attached hydrogen (secondary N) is 2. The minimum atomic E-state index is 0.495. The van der Waals surface area contributed by atoms with Crippen LogP contribution in [0.4, 0.5) is 11.6 Å². The van der Waals surface area contributed by atoms with Gasteiger partial charge in [0.05, 0.1) is 0 Å². The third kappa shape index (κ3) is 4.42. The third-order valence-corrected chi connectivity index (χ3v) is 3.17. The van der Waals surface area contributed by atoms with E-state index in [0.717, 1.165) is 23.2 Å². The zero-order valence-electron chi connectivity index (χ0n) is 11.1. The second-order valence-electron chi connectivity index (χ2n) is 3.91. The molecule has 0 radical (unpaired) electrons. The molecule has 1 atom stereocenters. The molecule has 1 unspecified atom stereocenters. The molecule has 0 aliphatic rings. The Labute approximate surface area is 108 Å². The molecule has 0 aliphatic heterocycles. The molecule has 1 aromatic heterocycles. The van der Waals surface area contributed by atoms with Crippen LogP contribution in [-0.4, -0.2) is 29.3 Å². The number of nitrogens with zero attached hydrogens (tertiary/aromatic N) is 2. The fourth-order valence-electron chi connectivity index (χ4n) is 1.65. The van der Waals surface area contributed by atoms with Gasteiger partial charge in [-0.3, -0.25) is 0 Å². The summed E-state index contributed by atoms with van der Waals surface area (Å²) in [4.78, 5) is 8.82. The van der Waals surface area contributed by atoms with Gasteiger partial charge in [0.2, 0.25) is 0 Å². The predicted molar refractivity (Wildman–Crippen MR) is 76.0 cm³/mol. The summed E-state index contributed by atoms with van der Waals surface area (Å²) < 4.78 is 0. The average molecular weight is 254 g/mol. The molecule has 0 bridgehead atoms. The van der Waals surface area contributed by atoms with Gasteiger partial charge in [0.1, 0.15) is 11.6 Å². The van der Waals surface area contributed by atoms with E-state index in [1.165, 1.54) is 12.8 Å².